The highest BCUT2D eigenvalue weighted by atomic mass is 35.5. The van der Waals surface area contributed by atoms with Crippen molar-refractivity contribution in [2.24, 2.45) is 10.8 Å². The van der Waals surface area contributed by atoms with Crippen LogP contribution in [0.25, 0.3) is 5.57 Å². The molecular weight excluding hydrogens is 853 g/mol. The number of halogens is 6. The fourth-order valence-electron chi connectivity index (χ4n) is 8.34. The number of piperazine rings is 1. The summed E-state index contributed by atoms with van der Waals surface area (Å²) in [5, 5.41) is 3.35. The van der Waals surface area contributed by atoms with Crippen molar-refractivity contribution in [3.63, 3.8) is 0 Å². The van der Waals surface area contributed by atoms with Crippen LogP contribution in [0.15, 0.2) is 82.1 Å². The van der Waals surface area contributed by atoms with E-state index in [9.17, 15) is 43.6 Å². The van der Waals surface area contributed by atoms with Crippen molar-refractivity contribution in [1.29, 1.82) is 0 Å². The first kappa shape index (κ1) is 44.3. The summed E-state index contributed by atoms with van der Waals surface area (Å²) in [5.41, 5.74) is -2.15. The van der Waals surface area contributed by atoms with Crippen molar-refractivity contribution >= 4 is 54.3 Å². The van der Waals surface area contributed by atoms with Crippen LogP contribution in [0, 0.1) is 10.8 Å². The fourth-order valence-corrected chi connectivity index (χ4v) is 10.5. The topological polar surface area (TPSA) is 128 Å². The van der Waals surface area contributed by atoms with E-state index in [-0.39, 0.29) is 37.3 Å². The largest absolute Gasteiger partial charge is 0.501 e. The number of hydrogen-bond donors (Lipinski definition) is 2. The molecule has 7 rings (SSSR count). The van der Waals surface area contributed by atoms with E-state index in [1.54, 1.807) is 12.1 Å². The molecule has 11 nitrogen and oxygen atoms in total. The molecule has 0 unspecified atom stereocenters. The Bertz CT molecular complexity index is 2340. The van der Waals surface area contributed by atoms with E-state index >= 15 is 0 Å². The lowest BCUT2D eigenvalue weighted by atomic mass is 9.73. The fraction of sp³-hybridized carbons (Fsp3) is 0.488. The Hall–Kier alpha value is -3.81. The van der Waals surface area contributed by atoms with Gasteiger partial charge in [0.2, 0.25) is 0 Å². The van der Waals surface area contributed by atoms with Gasteiger partial charge in [-0.3, -0.25) is 14.6 Å². The average Bonchev–Trinajstić information content (AvgIpc) is 3.15. The van der Waals surface area contributed by atoms with Crippen LogP contribution in [0.5, 0.6) is 0 Å². The number of allylic oxidation sites excluding steroid dienone is 1. The number of sulfone groups is 1. The maximum atomic E-state index is 13.9. The van der Waals surface area contributed by atoms with E-state index in [0.717, 1.165) is 56.7 Å². The Morgan fingerprint density at radius 1 is 0.883 bits per heavy atom. The third kappa shape index (κ3) is 9.78. The number of nitrogens with one attached hydrogen (secondary N) is 2. The minimum atomic E-state index is -6.10. The lowest BCUT2D eigenvalue weighted by molar-refractivity contribution is -0.175. The van der Waals surface area contributed by atoms with E-state index in [2.05, 4.69) is 41.1 Å². The maximum Gasteiger partial charge on any atom is 0.501 e. The van der Waals surface area contributed by atoms with Crippen molar-refractivity contribution < 1.29 is 48.3 Å². The summed E-state index contributed by atoms with van der Waals surface area (Å²) < 4.78 is 128. The molecule has 60 heavy (non-hydrogen) atoms. The molecule has 1 aliphatic carbocycles. The van der Waals surface area contributed by atoms with Crippen molar-refractivity contribution in [1.82, 2.24) is 14.5 Å². The Morgan fingerprint density at radius 3 is 2.12 bits per heavy atom. The molecule has 3 fully saturated rings. The Balaban J connectivity index is 0.992. The summed E-state index contributed by atoms with van der Waals surface area (Å²) in [6.07, 6.45) is 3.11. The molecule has 3 aromatic rings. The van der Waals surface area contributed by atoms with Crippen LogP contribution >= 0.6 is 11.6 Å². The predicted octanol–water partition coefficient (Wildman–Crippen LogP) is 6.92. The molecule has 0 aromatic heterocycles. The minimum Gasteiger partial charge on any atom is -0.383 e. The molecule has 326 valence electrons. The van der Waals surface area contributed by atoms with E-state index in [1.807, 2.05) is 16.9 Å². The highest BCUT2D eigenvalue weighted by molar-refractivity contribution is 7.92. The van der Waals surface area contributed by atoms with Gasteiger partial charge in [0.25, 0.3) is 31.7 Å². The summed E-state index contributed by atoms with van der Waals surface area (Å²) in [6, 6.07) is 16.3. The normalized spacial score (nSPS) is 20.9. The highest BCUT2D eigenvalue weighted by Gasteiger charge is 2.51. The molecular formula is C41H47ClF5N5O6S2. The Kier molecular flexibility index (Phi) is 12.1. The quantitative estimate of drug-likeness (QED) is 0.175. The van der Waals surface area contributed by atoms with Gasteiger partial charge in [0, 0.05) is 67.5 Å². The third-order valence-electron chi connectivity index (χ3n) is 11.7. The summed E-state index contributed by atoms with van der Waals surface area (Å²) >= 11 is 6.16. The molecule has 3 aliphatic heterocycles. The average molecular weight is 900 g/mol. The number of hydrogen-bond acceptors (Lipinski definition) is 10. The zero-order chi connectivity index (χ0) is 43.3. The van der Waals surface area contributed by atoms with Crippen molar-refractivity contribution in [2.75, 3.05) is 82.3 Å². The number of nitrogens with zero attached hydrogens (tertiary/aromatic N) is 3. The first-order chi connectivity index (χ1) is 28.0. The summed E-state index contributed by atoms with van der Waals surface area (Å²) in [6.45, 7) is 7.65. The second-order valence-corrected chi connectivity index (χ2v) is 21.2. The van der Waals surface area contributed by atoms with Crippen LogP contribution in [0.4, 0.5) is 33.3 Å². The van der Waals surface area contributed by atoms with Gasteiger partial charge in [0.1, 0.15) is 4.90 Å². The number of carbonyl (C=O) groups is 1. The number of amides is 1. The molecule has 2 N–H and O–H groups in total. The van der Waals surface area contributed by atoms with E-state index in [4.69, 9.17) is 16.3 Å². The second kappa shape index (κ2) is 16.5. The number of carbonyl (C=O) groups excluding carboxylic acids is 1. The van der Waals surface area contributed by atoms with Crippen molar-refractivity contribution in [3.8, 4) is 0 Å². The van der Waals surface area contributed by atoms with Crippen LogP contribution in [0.2, 0.25) is 5.02 Å². The summed E-state index contributed by atoms with van der Waals surface area (Å²) in [7, 11) is -11.0. The van der Waals surface area contributed by atoms with Crippen LogP contribution in [0.1, 0.15) is 49.0 Å². The van der Waals surface area contributed by atoms with E-state index in [0.29, 0.717) is 24.2 Å². The SMILES string of the molecule is CC1(C)CCC(c2ccc(Cl)cc2)=C(CN2CCN(c3ccc(C(=O)NS(=O)(=O)c4ccc(NCC5(CN6CC(F)(F)C6)COC5)c(S(=O)(=O)C(F)(F)F)c4)cc3)CC2)C1. The number of sulfonamides is 1. The van der Waals surface area contributed by atoms with Crippen LogP contribution in [0.3, 0.4) is 0 Å². The number of ether oxygens (including phenoxy) is 1. The molecule has 4 aliphatic rings. The molecule has 3 heterocycles. The smallest absolute Gasteiger partial charge is 0.383 e. The number of likely N-dealkylation sites (tertiary alicyclic amines) is 1. The lowest BCUT2D eigenvalue weighted by Crippen LogP contribution is -2.63. The standard InChI is InChI=1S/C41H47ClF5N5O6S2/c1-38(2)14-13-34(28-3-7-31(42)8-4-28)30(20-38)21-50-15-17-52(18-16-50)32-9-5-29(6-10-32)37(53)49-60(56,57)33-11-12-35(36(19-33)59(54,55)41(45,46)47)48-22-39(26-58-27-39)23-51-24-40(43,44)25-51/h3-12,19,48H,13-18,20-27H2,1-2H3,(H,49,53). The molecule has 19 heteroatoms. The second-order valence-electron chi connectivity index (χ2n) is 17.1. The zero-order valence-corrected chi connectivity index (χ0v) is 35.5. The Morgan fingerprint density at radius 2 is 1.53 bits per heavy atom. The molecule has 0 spiro atoms. The number of rotatable bonds is 13. The number of benzene rings is 3. The monoisotopic (exact) mass is 899 g/mol. The highest BCUT2D eigenvalue weighted by Crippen LogP contribution is 2.43. The van der Waals surface area contributed by atoms with Gasteiger partial charge in [-0.25, -0.2) is 30.3 Å². The Labute approximate surface area is 351 Å². The first-order valence-electron chi connectivity index (χ1n) is 19.5. The van der Waals surface area contributed by atoms with Crippen LogP contribution in [-0.4, -0.2) is 116 Å². The number of alkyl halides is 5. The molecule has 3 aromatic carbocycles. The van der Waals surface area contributed by atoms with Gasteiger partial charge < -0.3 is 15.0 Å². The summed E-state index contributed by atoms with van der Waals surface area (Å²) in [4.78, 5) is 17.0. The molecule has 1 amide bonds. The van der Waals surface area contributed by atoms with E-state index < -0.39 is 71.2 Å². The van der Waals surface area contributed by atoms with Crippen LogP contribution in [-0.2, 0) is 24.6 Å². The third-order valence-corrected chi connectivity index (χ3v) is 14.8. The van der Waals surface area contributed by atoms with Crippen molar-refractivity contribution in [3.05, 3.63) is 88.5 Å². The summed E-state index contributed by atoms with van der Waals surface area (Å²) in [5.74, 6) is -3.92. The van der Waals surface area contributed by atoms with Gasteiger partial charge >= 0.3 is 5.51 Å². The van der Waals surface area contributed by atoms with E-state index in [1.165, 1.54) is 33.7 Å². The van der Waals surface area contributed by atoms with Gasteiger partial charge in [0.05, 0.1) is 36.9 Å². The van der Waals surface area contributed by atoms with Crippen LogP contribution < -0.4 is 14.9 Å². The molecule has 0 atom stereocenters. The molecule has 0 bridgehead atoms. The zero-order valence-electron chi connectivity index (χ0n) is 33.1. The van der Waals surface area contributed by atoms with Gasteiger partial charge in [-0.05, 0) is 90.4 Å². The van der Waals surface area contributed by atoms with Gasteiger partial charge in [-0.2, -0.15) is 13.2 Å². The minimum absolute atomic E-state index is 0.0445. The number of anilines is 2. The molecule has 0 saturated carbocycles. The molecule has 0 radical (unpaired) electrons. The van der Waals surface area contributed by atoms with Gasteiger partial charge in [-0.1, -0.05) is 43.2 Å². The lowest BCUT2D eigenvalue weighted by Gasteiger charge is -2.49. The predicted molar refractivity (Wildman–Crippen MR) is 219 cm³/mol. The first-order valence-corrected chi connectivity index (χ1v) is 22.9. The van der Waals surface area contributed by atoms with Gasteiger partial charge in [-0.15, -0.1) is 0 Å². The molecule has 3 saturated heterocycles. The van der Waals surface area contributed by atoms with Crippen molar-refractivity contribution in [2.45, 2.75) is 54.3 Å². The maximum absolute atomic E-state index is 13.9. The van der Waals surface area contributed by atoms with Gasteiger partial charge in [0.15, 0.2) is 0 Å².